The maximum atomic E-state index is 12.9. The largest absolute Gasteiger partial charge is 0.444 e. The molecule has 1 aliphatic heterocycles. The van der Waals surface area contributed by atoms with Gasteiger partial charge in [-0.1, -0.05) is 17.8 Å². The van der Waals surface area contributed by atoms with E-state index in [1.807, 2.05) is 18.2 Å². The number of nitrogens with one attached hydrogen (secondary N) is 2. The van der Waals surface area contributed by atoms with Crippen molar-refractivity contribution in [3.63, 3.8) is 0 Å². The third-order valence-electron chi connectivity index (χ3n) is 7.13. The first kappa shape index (κ1) is 28.5. The van der Waals surface area contributed by atoms with E-state index in [1.54, 1.807) is 38.4 Å². The number of benzene rings is 1. The zero-order valence-corrected chi connectivity index (χ0v) is 24.5. The highest BCUT2D eigenvalue weighted by Crippen LogP contribution is 2.42. The number of ether oxygens (including phenoxy) is 1. The van der Waals surface area contributed by atoms with Gasteiger partial charge < -0.3 is 20.5 Å². The Bertz CT molecular complexity index is 1450. The van der Waals surface area contributed by atoms with Gasteiger partial charge in [0.25, 0.3) is 0 Å². The van der Waals surface area contributed by atoms with Gasteiger partial charge in [0.1, 0.15) is 22.6 Å². The van der Waals surface area contributed by atoms with Crippen molar-refractivity contribution in [2.75, 3.05) is 11.9 Å². The molecule has 5 rings (SSSR count). The summed E-state index contributed by atoms with van der Waals surface area (Å²) in [6.45, 7) is 5.10. The van der Waals surface area contributed by atoms with Gasteiger partial charge in [0.05, 0.1) is 11.4 Å². The molecule has 0 saturated heterocycles. The Morgan fingerprint density at radius 3 is 2.85 bits per heavy atom. The summed E-state index contributed by atoms with van der Waals surface area (Å²) < 4.78 is 5.28. The second-order valence-corrected chi connectivity index (χ2v) is 13.5. The summed E-state index contributed by atoms with van der Waals surface area (Å²) >= 11 is 2.97. The first-order chi connectivity index (χ1) is 19.1. The number of ketones is 1. The Morgan fingerprint density at radius 1 is 1.25 bits per heavy atom. The molecule has 3 heterocycles. The normalized spacial score (nSPS) is 17.3. The molecule has 0 spiro atoms. The number of hydrogen-bond acceptors (Lipinski definition) is 10. The van der Waals surface area contributed by atoms with Crippen LogP contribution in [-0.2, 0) is 33.6 Å². The van der Waals surface area contributed by atoms with Gasteiger partial charge in [0.2, 0.25) is 0 Å². The Labute approximate surface area is 241 Å². The Hall–Kier alpha value is -3.02. The number of aryl methyl sites for hydroxylation is 1. The Balaban J connectivity index is 1.24. The number of carbonyl (C=O) groups is 3. The fourth-order valence-corrected chi connectivity index (χ4v) is 7.49. The minimum atomic E-state index is -0.761. The maximum Gasteiger partial charge on any atom is 0.408 e. The predicted octanol–water partition coefficient (Wildman–Crippen LogP) is 5.34. The molecule has 212 valence electrons. The molecular formula is C29H34N4O5S2. The highest BCUT2D eigenvalue weighted by molar-refractivity contribution is 8.14. The summed E-state index contributed by atoms with van der Waals surface area (Å²) in [7, 11) is 0. The van der Waals surface area contributed by atoms with Gasteiger partial charge >= 0.3 is 6.09 Å². The topological polar surface area (TPSA) is 131 Å². The number of rotatable bonds is 9. The molecule has 3 aromatic rings. The summed E-state index contributed by atoms with van der Waals surface area (Å²) in [5.74, 6) is 1.02. The monoisotopic (exact) mass is 582 g/mol. The van der Waals surface area contributed by atoms with Crippen LogP contribution in [0.15, 0.2) is 29.4 Å². The van der Waals surface area contributed by atoms with Crippen LogP contribution in [0.1, 0.15) is 62.5 Å². The van der Waals surface area contributed by atoms with Gasteiger partial charge in [-0.25, -0.2) is 14.8 Å². The van der Waals surface area contributed by atoms with Crippen molar-refractivity contribution in [2.45, 2.75) is 82.3 Å². The van der Waals surface area contributed by atoms with Gasteiger partial charge in [-0.05, 0) is 82.1 Å². The molecule has 2 aliphatic rings. The number of carbonyl (C=O) groups excluding carboxylic acids is 3. The fourth-order valence-electron chi connectivity index (χ4n) is 5.26. The molecule has 2 aromatic heterocycles. The van der Waals surface area contributed by atoms with E-state index in [9.17, 15) is 19.5 Å². The molecule has 2 atom stereocenters. The van der Waals surface area contributed by atoms with Crippen LogP contribution in [0.4, 0.5) is 16.3 Å². The third kappa shape index (κ3) is 6.64. The predicted molar refractivity (Wildman–Crippen MR) is 156 cm³/mol. The number of Topliss-reactive ketones (excluding diaryl/α,β-unsaturated/α-hetero) is 1. The Morgan fingerprint density at radius 2 is 2.08 bits per heavy atom. The van der Waals surface area contributed by atoms with Gasteiger partial charge in [-0.3, -0.25) is 9.59 Å². The smallest absolute Gasteiger partial charge is 0.408 e. The van der Waals surface area contributed by atoms with Gasteiger partial charge in [0.15, 0.2) is 10.9 Å². The van der Waals surface area contributed by atoms with Gasteiger partial charge in [0, 0.05) is 34.9 Å². The number of thiophene rings is 1. The lowest BCUT2D eigenvalue weighted by Gasteiger charge is -2.24. The van der Waals surface area contributed by atoms with Gasteiger partial charge in [-0.2, -0.15) is 0 Å². The number of aliphatic hydroxyl groups is 1. The molecule has 40 heavy (non-hydrogen) atoms. The number of aromatic nitrogens is 2. The molecule has 3 N–H and O–H groups in total. The van der Waals surface area contributed by atoms with Crippen LogP contribution >= 0.6 is 23.1 Å². The van der Waals surface area contributed by atoms with Crippen molar-refractivity contribution < 1.29 is 24.2 Å². The number of aliphatic hydroxyl groups excluding tert-OH is 1. The molecule has 0 saturated carbocycles. The minimum Gasteiger partial charge on any atom is -0.444 e. The number of hydrogen-bond donors (Lipinski definition) is 3. The van der Waals surface area contributed by atoms with Crippen LogP contribution in [0.5, 0.6) is 0 Å². The van der Waals surface area contributed by atoms with Gasteiger partial charge in [-0.15, -0.1) is 11.3 Å². The molecule has 1 unspecified atom stereocenters. The lowest BCUT2D eigenvalue weighted by molar-refractivity contribution is -0.121. The van der Waals surface area contributed by atoms with E-state index in [0.29, 0.717) is 25.2 Å². The molecule has 1 aromatic carbocycles. The van der Waals surface area contributed by atoms with E-state index in [1.165, 1.54) is 22.2 Å². The van der Waals surface area contributed by atoms with Crippen LogP contribution in [0.2, 0.25) is 0 Å². The first-order valence-corrected chi connectivity index (χ1v) is 15.2. The zero-order valence-electron chi connectivity index (χ0n) is 22.9. The molecule has 0 radical (unpaired) electrons. The highest BCUT2D eigenvalue weighted by atomic mass is 32.2. The molecule has 0 fully saturated rings. The van der Waals surface area contributed by atoms with E-state index in [0.717, 1.165) is 51.4 Å². The SMILES string of the molecule is CC(C)(C)OC(=O)N[C@@H](CCO)C(=O)CCC1CCc2c(sc3ncnc(Nc4ccc5c(c4)SC(=O)C5)c23)C1. The molecule has 9 nitrogen and oxygen atoms in total. The third-order valence-corrected chi connectivity index (χ3v) is 9.27. The van der Waals surface area contributed by atoms with Crippen molar-refractivity contribution in [1.82, 2.24) is 15.3 Å². The van der Waals surface area contributed by atoms with Crippen LogP contribution in [-0.4, -0.2) is 50.3 Å². The molecule has 0 bridgehead atoms. The van der Waals surface area contributed by atoms with Crippen molar-refractivity contribution in [3.05, 3.63) is 40.5 Å². The van der Waals surface area contributed by atoms with E-state index < -0.39 is 17.7 Å². The zero-order chi connectivity index (χ0) is 28.4. The van der Waals surface area contributed by atoms with Crippen LogP contribution < -0.4 is 10.6 Å². The highest BCUT2D eigenvalue weighted by Gasteiger charge is 2.28. The quantitative estimate of drug-likeness (QED) is 0.306. The molecular weight excluding hydrogens is 548 g/mol. The summed E-state index contributed by atoms with van der Waals surface area (Å²) in [4.78, 5) is 49.2. The second-order valence-electron chi connectivity index (χ2n) is 11.3. The maximum absolute atomic E-state index is 12.9. The van der Waals surface area contributed by atoms with Crippen molar-refractivity contribution in [3.8, 4) is 0 Å². The lowest BCUT2D eigenvalue weighted by atomic mass is 9.84. The average Bonchev–Trinajstić information content (AvgIpc) is 3.45. The Kier molecular flexibility index (Phi) is 8.44. The van der Waals surface area contributed by atoms with E-state index in [4.69, 9.17) is 4.74 Å². The minimum absolute atomic E-state index is 0.0893. The summed E-state index contributed by atoms with van der Waals surface area (Å²) in [6, 6.07) is 5.23. The first-order valence-electron chi connectivity index (χ1n) is 13.6. The van der Waals surface area contributed by atoms with Crippen LogP contribution in [0.25, 0.3) is 10.2 Å². The summed E-state index contributed by atoms with van der Waals surface area (Å²) in [5, 5.41) is 16.7. The number of amides is 1. The summed E-state index contributed by atoms with van der Waals surface area (Å²) in [6.07, 6.45) is 5.30. The molecule has 11 heteroatoms. The van der Waals surface area contributed by atoms with E-state index in [2.05, 4.69) is 20.6 Å². The average molecular weight is 583 g/mol. The molecule has 1 amide bonds. The number of nitrogens with zero attached hydrogens (tertiary/aromatic N) is 2. The fraction of sp³-hybridized carbons (Fsp3) is 0.483. The van der Waals surface area contributed by atoms with Crippen molar-refractivity contribution in [2.24, 2.45) is 5.92 Å². The molecule has 1 aliphatic carbocycles. The van der Waals surface area contributed by atoms with E-state index >= 15 is 0 Å². The number of thioether (sulfide) groups is 1. The number of alkyl carbamates (subject to hydrolysis) is 1. The van der Waals surface area contributed by atoms with Crippen LogP contribution in [0.3, 0.4) is 0 Å². The van der Waals surface area contributed by atoms with Crippen molar-refractivity contribution >= 4 is 61.8 Å². The van der Waals surface area contributed by atoms with E-state index in [-0.39, 0.29) is 23.9 Å². The van der Waals surface area contributed by atoms with Crippen LogP contribution in [0, 0.1) is 5.92 Å². The standard InChI is InChI=1S/C29H34N4O5S2/c1-29(2,3)38-28(37)33-20(10-11-34)21(35)9-5-16-4-8-19-23(12-16)40-27-25(19)26(30-15-31-27)32-18-7-6-17-13-24(36)39-22(17)14-18/h6-7,14-16,20,34H,4-5,8-13H2,1-3H3,(H,33,37)(H,30,31,32)/t16?,20-/m0/s1. The second kappa shape index (κ2) is 11.8. The summed E-state index contributed by atoms with van der Waals surface area (Å²) in [5.41, 5.74) is 2.56. The van der Waals surface area contributed by atoms with Crippen molar-refractivity contribution in [1.29, 1.82) is 0 Å². The number of fused-ring (bicyclic) bond motifs is 4. The number of anilines is 2. The lowest BCUT2D eigenvalue weighted by Crippen LogP contribution is -2.44.